The summed E-state index contributed by atoms with van der Waals surface area (Å²) in [6, 6.07) is 3.70. The van der Waals surface area contributed by atoms with E-state index in [9.17, 15) is 9.90 Å². The molecule has 8 heteroatoms. The Hall–Kier alpha value is -2.06. The molecule has 2 amide bonds. The lowest BCUT2D eigenvalue weighted by Gasteiger charge is -2.11. The monoisotopic (exact) mass is 318 g/mol. The number of nitrogens with one attached hydrogen (secondary N) is 1. The predicted molar refractivity (Wildman–Crippen MR) is 82.2 cm³/mol. The van der Waals surface area contributed by atoms with E-state index < -0.39 is 8.96 Å². The van der Waals surface area contributed by atoms with Crippen molar-refractivity contribution in [2.24, 2.45) is 0 Å². The molecule has 1 saturated heterocycles. The zero-order valence-electron chi connectivity index (χ0n) is 11.2. The lowest BCUT2D eigenvalue weighted by atomic mass is 10.1. The van der Waals surface area contributed by atoms with E-state index in [0.29, 0.717) is 17.1 Å². The van der Waals surface area contributed by atoms with Crippen LogP contribution in [0.15, 0.2) is 23.7 Å². The van der Waals surface area contributed by atoms with E-state index in [1.54, 1.807) is 0 Å². The summed E-state index contributed by atoms with van der Waals surface area (Å²) in [4.78, 5) is 21.1. The number of hydrogen-bond acceptors (Lipinski definition) is 5. The first kappa shape index (κ1) is 12.7. The third kappa shape index (κ3) is 1.76. The Morgan fingerprint density at radius 3 is 3.24 bits per heavy atom. The Bertz CT molecular complexity index is 788. The maximum Gasteiger partial charge on any atom is 0.320 e. The van der Waals surface area contributed by atoms with Gasteiger partial charge in [-0.3, -0.25) is 0 Å². The Labute approximate surface area is 126 Å². The summed E-state index contributed by atoms with van der Waals surface area (Å²) < 4.78 is 6.57. The third-order valence-electron chi connectivity index (χ3n) is 3.66. The van der Waals surface area contributed by atoms with Crippen molar-refractivity contribution in [3.05, 3.63) is 29.3 Å². The van der Waals surface area contributed by atoms with Gasteiger partial charge in [0.05, 0.1) is 28.4 Å². The van der Waals surface area contributed by atoms with Gasteiger partial charge in [0.15, 0.2) is 5.13 Å². The molecule has 0 saturated carbocycles. The Kier molecular flexibility index (Phi) is 2.69. The van der Waals surface area contributed by atoms with Crippen molar-refractivity contribution >= 4 is 41.7 Å². The summed E-state index contributed by atoms with van der Waals surface area (Å²) in [5, 5.41) is 10.6. The molecule has 21 heavy (non-hydrogen) atoms. The number of aliphatic hydroxyl groups excluding tert-OH is 1. The van der Waals surface area contributed by atoms with E-state index in [1.807, 2.05) is 18.7 Å². The molecule has 1 fully saturated rings. The van der Waals surface area contributed by atoms with E-state index in [4.69, 9.17) is 4.74 Å². The first-order valence-corrected chi connectivity index (χ1v) is 9.35. The molecule has 1 aromatic carbocycles. The average Bonchev–Trinajstić information content (AvgIpc) is 3.13. The van der Waals surface area contributed by atoms with Crippen LogP contribution >= 0.6 is 11.3 Å². The average molecular weight is 318 g/mol. The van der Waals surface area contributed by atoms with Crippen LogP contribution in [0.2, 0.25) is 6.55 Å². The number of aliphatic hydroxyl groups is 1. The van der Waals surface area contributed by atoms with Gasteiger partial charge < -0.3 is 14.8 Å². The molecule has 0 unspecified atom stereocenters. The number of ether oxygens (including phenoxy) is 1. The van der Waals surface area contributed by atoms with E-state index in [2.05, 4.69) is 9.97 Å². The highest BCUT2D eigenvalue weighted by molar-refractivity contribution is 7.22. The van der Waals surface area contributed by atoms with Crippen LogP contribution in [0.4, 0.5) is 9.93 Å². The van der Waals surface area contributed by atoms with Crippen molar-refractivity contribution < 1.29 is 14.6 Å². The second kappa shape index (κ2) is 4.47. The van der Waals surface area contributed by atoms with Gasteiger partial charge in [-0.2, -0.15) is 0 Å². The molecule has 107 valence electrons. The normalized spacial score (nSPS) is 20.1. The topological polar surface area (TPSA) is 74.7 Å². The molecular weight excluding hydrogens is 306 g/mol. The van der Waals surface area contributed by atoms with E-state index in [-0.39, 0.29) is 6.03 Å². The first-order valence-electron chi connectivity index (χ1n) is 6.53. The maximum absolute atomic E-state index is 12.1. The number of carbonyl (C=O) groups excluding carboxylic acids is 1. The molecule has 6 nitrogen and oxygen atoms in total. The lowest BCUT2D eigenvalue weighted by molar-refractivity contribution is 0.254. The quantitative estimate of drug-likeness (QED) is 0.625. The number of urea groups is 1. The van der Waals surface area contributed by atoms with E-state index in [1.165, 1.54) is 16.2 Å². The Morgan fingerprint density at radius 1 is 1.57 bits per heavy atom. The molecule has 0 aliphatic carbocycles. The SMILES string of the molecule is C[Si]1NC(=O)N(c2nc3c4c(ccc3s2)OCC4)/C1=C/O. The fourth-order valence-electron chi connectivity index (χ4n) is 2.66. The highest BCUT2D eigenvalue weighted by Crippen LogP contribution is 2.39. The fraction of sp³-hybridized carbons (Fsp3) is 0.231. The highest BCUT2D eigenvalue weighted by atomic mass is 32.1. The molecule has 0 spiro atoms. The summed E-state index contributed by atoms with van der Waals surface area (Å²) in [6.45, 7) is 2.60. The van der Waals surface area contributed by atoms with Crippen LogP contribution in [0.25, 0.3) is 10.2 Å². The van der Waals surface area contributed by atoms with Crippen LogP contribution in [-0.4, -0.2) is 31.7 Å². The molecule has 4 rings (SSSR count). The van der Waals surface area contributed by atoms with Crippen LogP contribution in [-0.2, 0) is 6.42 Å². The predicted octanol–water partition coefficient (Wildman–Crippen LogP) is 2.32. The van der Waals surface area contributed by atoms with Gasteiger partial charge in [-0.15, -0.1) is 0 Å². The lowest BCUT2D eigenvalue weighted by Crippen LogP contribution is -2.29. The number of hydrogen-bond donors (Lipinski definition) is 2. The Morgan fingerprint density at radius 2 is 2.43 bits per heavy atom. The maximum atomic E-state index is 12.1. The third-order valence-corrected chi connectivity index (χ3v) is 6.37. The second-order valence-corrected chi connectivity index (χ2v) is 7.91. The molecular formula is C13H12N3O3SSi. The molecule has 1 aromatic heterocycles. The van der Waals surface area contributed by atoms with Gasteiger partial charge in [0.25, 0.3) is 0 Å². The van der Waals surface area contributed by atoms with Crippen molar-refractivity contribution in [3.63, 3.8) is 0 Å². The van der Waals surface area contributed by atoms with Crippen LogP contribution in [0.1, 0.15) is 5.56 Å². The fourth-order valence-corrected chi connectivity index (χ4v) is 5.04. The molecule has 2 aliphatic rings. The summed E-state index contributed by atoms with van der Waals surface area (Å²) in [7, 11) is -1.26. The molecule has 2 aromatic rings. The van der Waals surface area contributed by atoms with Crippen molar-refractivity contribution in [1.29, 1.82) is 0 Å². The van der Waals surface area contributed by atoms with Gasteiger partial charge >= 0.3 is 6.03 Å². The van der Waals surface area contributed by atoms with Gasteiger partial charge in [0, 0.05) is 12.0 Å². The second-order valence-electron chi connectivity index (χ2n) is 4.89. The minimum absolute atomic E-state index is 0.223. The zero-order valence-corrected chi connectivity index (χ0v) is 13.0. The molecule has 1 radical (unpaired) electrons. The van der Waals surface area contributed by atoms with Crippen LogP contribution in [0.3, 0.4) is 0 Å². The minimum Gasteiger partial charge on any atom is -0.514 e. The number of benzene rings is 1. The molecule has 0 atom stereocenters. The molecule has 3 heterocycles. The van der Waals surface area contributed by atoms with E-state index >= 15 is 0 Å². The smallest absolute Gasteiger partial charge is 0.320 e. The van der Waals surface area contributed by atoms with Crippen molar-refractivity contribution in [2.75, 3.05) is 11.5 Å². The molecule has 2 aliphatic heterocycles. The summed E-state index contributed by atoms with van der Waals surface area (Å²) >= 11 is 1.45. The van der Waals surface area contributed by atoms with Gasteiger partial charge in [0.1, 0.15) is 5.75 Å². The number of anilines is 1. The zero-order chi connectivity index (χ0) is 14.6. The van der Waals surface area contributed by atoms with Crippen LogP contribution in [0, 0.1) is 0 Å². The first-order chi connectivity index (χ1) is 10.2. The largest absolute Gasteiger partial charge is 0.514 e. The number of rotatable bonds is 1. The summed E-state index contributed by atoms with van der Waals surface area (Å²) in [5.41, 5.74) is 2.00. The van der Waals surface area contributed by atoms with Crippen molar-refractivity contribution in [2.45, 2.75) is 13.0 Å². The van der Waals surface area contributed by atoms with E-state index in [0.717, 1.165) is 34.2 Å². The number of thiazole rings is 1. The van der Waals surface area contributed by atoms with Gasteiger partial charge in [-0.05, 0) is 18.7 Å². The van der Waals surface area contributed by atoms with Crippen molar-refractivity contribution in [3.8, 4) is 5.75 Å². The van der Waals surface area contributed by atoms with Crippen LogP contribution in [0.5, 0.6) is 5.75 Å². The molecule has 2 N–H and O–H groups in total. The number of aromatic nitrogens is 1. The Balaban J connectivity index is 1.86. The summed E-state index contributed by atoms with van der Waals surface area (Å²) in [5.74, 6) is 0.878. The van der Waals surface area contributed by atoms with Gasteiger partial charge in [0.2, 0.25) is 8.96 Å². The standard InChI is InChI=1S/C13H12N3O3SSi/c1-21-10(6-17)16(12(18)15-21)13-14-11-7-4-5-19-8(7)2-3-9(11)20-13/h2-3,6,17H,4-5H2,1H3,(H,15,18)/b10-6-. The van der Waals surface area contributed by atoms with Crippen molar-refractivity contribution in [1.82, 2.24) is 9.97 Å². The summed E-state index contributed by atoms with van der Waals surface area (Å²) in [6.07, 6.45) is 1.85. The highest BCUT2D eigenvalue weighted by Gasteiger charge is 2.37. The van der Waals surface area contributed by atoms with Gasteiger partial charge in [-0.25, -0.2) is 14.7 Å². The number of nitrogens with zero attached hydrogens (tertiary/aromatic N) is 2. The van der Waals surface area contributed by atoms with Gasteiger partial charge in [-0.1, -0.05) is 11.3 Å². The minimum atomic E-state index is -1.26. The van der Waals surface area contributed by atoms with Crippen LogP contribution < -0.4 is 14.6 Å². The number of amides is 2. The number of fused-ring (bicyclic) bond motifs is 3. The molecule has 0 bridgehead atoms. The number of carbonyl (C=O) groups is 1.